The highest BCUT2D eigenvalue weighted by atomic mass is 32.2. The number of ether oxygens (including phenoxy) is 1. The lowest BCUT2D eigenvalue weighted by molar-refractivity contribution is -0.122. The molecule has 1 atom stereocenters. The molecule has 1 N–H and O–H groups in total. The van der Waals surface area contributed by atoms with Crippen LogP contribution >= 0.6 is 11.8 Å². The van der Waals surface area contributed by atoms with Crippen LogP contribution in [0.5, 0.6) is 5.75 Å². The average Bonchev–Trinajstić information content (AvgIpc) is 3.05. The van der Waals surface area contributed by atoms with Crippen molar-refractivity contribution < 1.29 is 23.1 Å². The van der Waals surface area contributed by atoms with E-state index in [1.807, 2.05) is 0 Å². The van der Waals surface area contributed by atoms with Crippen molar-refractivity contribution in [3.8, 4) is 5.75 Å². The van der Waals surface area contributed by atoms with Crippen LogP contribution in [0, 0.1) is 5.92 Å². The van der Waals surface area contributed by atoms with Crippen LogP contribution in [0.3, 0.4) is 0 Å². The van der Waals surface area contributed by atoms with Gasteiger partial charge in [0.2, 0.25) is 11.8 Å². The van der Waals surface area contributed by atoms with Crippen molar-refractivity contribution in [2.75, 3.05) is 23.9 Å². The molecule has 0 spiro atoms. The second-order valence-electron chi connectivity index (χ2n) is 5.97. The number of hydrogen-bond donors (Lipinski definition) is 1. The number of nitrogens with zero attached hydrogens (tertiary/aromatic N) is 1. The van der Waals surface area contributed by atoms with Gasteiger partial charge >= 0.3 is 0 Å². The van der Waals surface area contributed by atoms with E-state index in [1.54, 1.807) is 42.5 Å². The van der Waals surface area contributed by atoms with E-state index < -0.39 is 11.7 Å². The number of hydrogen-bond acceptors (Lipinski definition) is 4. The fourth-order valence-corrected chi connectivity index (χ4v) is 3.51. The summed E-state index contributed by atoms with van der Waals surface area (Å²) in [6.45, 7) is 0.224. The average molecular weight is 392 g/mol. The maximum atomic E-state index is 12.7. The molecule has 1 unspecified atom stereocenters. The highest BCUT2D eigenvalue weighted by molar-refractivity contribution is 7.99. The van der Waals surface area contributed by atoms with Gasteiger partial charge in [0.05, 0.1) is 18.7 Å². The van der Waals surface area contributed by atoms with Gasteiger partial charge < -0.3 is 15.0 Å². The zero-order chi connectivity index (χ0) is 19.4. The normalized spacial score (nSPS) is 16.7. The maximum absolute atomic E-state index is 12.7. The minimum atomic E-state index is -2.58. The first kappa shape index (κ1) is 19.2. The third-order valence-electron chi connectivity index (χ3n) is 4.22. The van der Waals surface area contributed by atoms with Crippen LogP contribution in [0.25, 0.3) is 0 Å². The second-order valence-corrected chi connectivity index (χ2v) is 7.00. The first-order valence-electron chi connectivity index (χ1n) is 8.27. The lowest BCUT2D eigenvalue weighted by Gasteiger charge is -2.18. The van der Waals surface area contributed by atoms with Gasteiger partial charge in [0.15, 0.2) is 0 Å². The molecule has 1 aliphatic rings. The van der Waals surface area contributed by atoms with E-state index in [0.29, 0.717) is 28.9 Å². The molecule has 0 radical (unpaired) electrons. The molecule has 0 aliphatic carbocycles. The van der Waals surface area contributed by atoms with Gasteiger partial charge in [-0.3, -0.25) is 9.59 Å². The molecule has 2 aromatic carbocycles. The predicted octanol–water partition coefficient (Wildman–Crippen LogP) is 4.00. The number of carbonyl (C=O) groups is 2. The summed E-state index contributed by atoms with van der Waals surface area (Å²) in [5, 5.41) is 2.68. The largest absolute Gasteiger partial charge is 0.497 e. The van der Waals surface area contributed by atoms with Gasteiger partial charge in [0.25, 0.3) is 5.76 Å². The van der Waals surface area contributed by atoms with Crippen LogP contribution in [-0.2, 0) is 9.59 Å². The molecule has 27 heavy (non-hydrogen) atoms. The van der Waals surface area contributed by atoms with E-state index in [9.17, 15) is 18.4 Å². The molecule has 142 valence electrons. The number of nitrogens with one attached hydrogen (secondary N) is 1. The summed E-state index contributed by atoms with van der Waals surface area (Å²) in [6.07, 6.45) is 0.0627. The lowest BCUT2D eigenvalue weighted by atomic mass is 10.1. The molecule has 0 bridgehead atoms. The lowest BCUT2D eigenvalue weighted by Crippen LogP contribution is -2.28. The summed E-state index contributed by atoms with van der Waals surface area (Å²) in [4.78, 5) is 26.8. The van der Waals surface area contributed by atoms with Gasteiger partial charge in [-0.15, -0.1) is 0 Å². The van der Waals surface area contributed by atoms with Crippen LogP contribution in [-0.4, -0.2) is 31.2 Å². The minimum Gasteiger partial charge on any atom is -0.497 e. The minimum absolute atomic E-state index is 0.0627. The van der Waals surface area contributed by atoms with E-state index in [4.69, 9.17) is 4.74 Å². The van der Waals surface area contributed by atoms with Crippen LogP contribution in [0.15, 0.2) is 53.4 Å². The zero-order valence-electron chi connectivity index (χ0n) is 14.5. The van der Waals surface area contributed by atoms with Crippen LogP contribution in [0.1, 0.15) is 6.42 Å². The van der Waals surface area contributed by atoms with Gasteiger partial charge in [-0.1, -0.05) is 30.0 Å². The van der Waals surface area contributed by atoms with Crippen LogP contribution in [0.4, 0.5) is 20.2 Å². The second kappa shape index (κ2) is 8.39. The molecule has 1 fully saturated rings. The Morgan fingerprint density at radius 1 is 1.26 bits per heavy atom. The zero-order valence-corrected chi connectivity index (χ0v) is 15.3. The third-order valence-corrected chi connectivity index (χ3v) is 5.01. The Bertz CT molecular complexity index is 847. The third kappa shape index (κ3) is 4.57. The van der Waals surface area contributed by atoms with E-state index in [2.05, 4.69) is 5.32 Å². The summed E-state index contributed by atoms with van der Waals surface area (Å²) >= 11 is 0.372. The smallest absolute Gasteiger partial charge is 0.288 e. The van der Waals surface area contributed by atoms with E-state index in [0.717, 1.165) is 0 Å². The van der Waals surface area contributed by atoms with Crippen molar-refractivity contribution in [2.24, 2.45) is 5.92 Å². The molecule has 2 aromatic rings. The van der Waals surface area contributed by atoms with E-state index in [1.165, 1.54) is 18.1 Å². The van der Waals surface area contributed by atoms with Gasteiger partial charge in [0.1, 0.15) is 5.75 Å². The highest BCUT2D eigenvalue weighted by Gasteiger charge is 2.35. The molecule has 1 saturated heterocycles. The van der Waals surface area contributed by atoms with Crippen molar-refractivity contribution in [3.63, 3.8) is 0 Å². The van der Waals surface area contributed by atoms with Crippen molar-refractivity contribution in [3.05, 3.63) is 48.5 Å². The maximum Gasteiger partial charge on any atom is 0.288 e. The Morgan fingerprint density at radius 3 is 2.78 bits per heavy atom. The number of carbonyl (C=O) groups excluding carboxylic acids is 2. The summed E-state index contributed by atoms with van der Waals surface area (Å²) in [7, 11) is 1.54. The van der Waals surface area contributed by atoms with Crippen molar-refractivity contribution in [1.82, 2.24) is 0 Å². The number of alkyl halides is 2. The Hall–Kier alpha value is -2.61. The quantitative estimate of drug-likeness (QED) is 0.755. The molecular weight excluding hydrogens is 374 g/mol. The summed E-state index contributed by atoms with van der Waals surface area (Å²) in [6, 6.07) is 13.4. The van der Waals surface area contributed by atoms with E-state index >= 15 is 0 Å². The van der Waals surface area contributed by atoms with Gasteiger partial charge in [-0.05, 0) is 24.3 Å². The highest BCUT2D eigenvalue weighted by Crippen LogP contribution is 2.33. The number of para-hydroxylation sites is 1. The predicted molar refractivity (Wildman–Crippen MR) is 100 cm³/mol. The summed E-state index contributed by atoms with van der Waals surface area (Å²) < 4.78 is 30.5. The van der Waals surface area contributed by atoms with Gasteiger partial charge in [0, 0.05) is 29.6 Å². The number of rotatable bonds is 6. The Kier molecular flexibility index (Phi) is 5.95. The van der Waals surface area contributed by atoms with Crippen molar-refractivity contribution in [2.45, 2.75) is 17.1 Å². The molecule has 2 amide bonds. The summed E-state index contributed by atoms with van der Waals surface area (Å²) in [5.41, 5.74) is 0.975. The monoisotopic (exact) mass is 392 g/mol. The van der Waals surface area contributed by atoms with Crippen LogP contribution in [0.2, 0.25) is 0 Å². The molecule has 8 heteroatoms. The SMILES string of the molecule is COc1cccc(N2CC(C(=O)Nc3ccccc3SC(F)F)CC2=O)c1. The fourth-order valence-electron chi connectivity index (χ4n) is 2.91. The fraction of sp³-hybridized carbons (Fsp3) is 0.263. The van der Waals surface area contributed by atoms with Gasteiger partial charge in [-0.2, -0.15) is 8.78 Å². The molecular formula is C19H18F2N2O3S. The molecule has 0 aromatic heterocycles. The molecule has 0 saturated carbocycles. The summed E-state index contributed by atoms with van der Waals surface area (Å²) in [5.74, 6) is -3.06. The number of benzene rings is 2. The number of thioether (sulfide) groups is 1. The van der Waals surface area contributed by atoms with E-state index in [-0.39, 0.29) is 29.7 Å². The number of methoxy groups -OCH3 is 1. The number of anilines is 2. The molecule has 5 nitrogen and oxygen atoms in total. The Balaban J connectivity index is 1.71. The van der Waals surface area contributed by atoms with Gasteiger partial charge in [-0.25, -0.2) is 0 Å². The first-order chi connectivity index (χ1) is 13.0. The Labute approximate surface area is 159 Å². The molecule has 1 aliphatic heterocycles. The number of amides is 2. The standard InChI is InChI=1S/C19H18F2N2O3S/c1-26-14-6-4-5-13(10-14)23-11-12(9-17(23)24)18(25)22-15-7-2-3-8-16(15)27-19(20)21/h2-8,10,12,19H,9,11H2,1H3,(H,22,25). The topological polar surface area (TPSA) is 58.6 Å². The Morgan fingerprint density at radius 2 is 2.04 bits per heavy atom. The molecule has 3 rings (SSSR count). The van der Waals surface area contributed by atoms with Crippen molar-refractivity contribution >= 4 is 35.0 Å². The van der Waals surface area contributed by atoms with Crippen molar-refractivity contribution in [1.29, 1.82) is 0 Å². The first-order valence-corrected chi connectivity index (χ1v) is 9.15. The van der Waals surface area contributed by atoms with Crippen LogP contribution < -0.4 is 15.0 Å². The number of halogens is 2. The molecule has 1 heterocycles.